The van der Waals surface area contributed by atoms with Crippen molar-refractivity contribution in [2.45, 2.75) is 25.7 Å². The van der Waals surface area contributed by atoms with Crippen molar-refractivity contribution in [3.8, 4) is 0 Å². The monoisotopic (exact) mass is 317 g/mol. The minimum atomic E-state index is -0.446. The minimum absolute atomic E-state index is 0.0223. The Morgan fingerprint density at radius 1 is 1.30 bits per heavy atom. The lowest BCUT2D eigenvalue weighted by atomic mass is 10.1. The van der Waals surface area contributed by atoms with Crippen LogP contribution in [0, 0.1) is 10.1 Å². The number of rotatable bonds is 7. The molecule has 124 valence electrons. The van der Waals surface area contributed by atoms with E-state index in [0.29, 0.717) is 12.1 Å². The predicted molar refractivity (Wildman–Crippen MR) is 90.0 cm³/mol. The zero-order valence-electron chi connectivity index (χ0n) is 13.2. The second kappa shape index (κ2) is 9.05. The van der Waals surface area contributed by atoms with Crippen molar-refractivity contribution in [3.05, 3.63) is 46.0 Å². The number of non-ortho nitro benzene ring substituents is 1. The first-order valence-corrected chi connectivity index (χ1v) is 8.08. The van der Waals surface area contributed by atoms with Gasteiger partial charge in [-0.05, 0) is 50.5 Å². The second-order valence-electron chi connectivity index (χ2n) is 5.73. The average Bonchev–Trinajstić information content (AvgIpc) is 2.58. The van der Waals surface area contributed by atoms with E-state index in [-0.39, 0.29) is 11.6 Å². The fourth-order valence-corrected chi connectivity index (χ4v) is 2.67. The van der Waals surface area contributed by atoms with Crippen LogP contribution in [0.4, 0.5) is 5.69 Å². The van der Waals surface area contributed by atoms with Crippen molar-refractivity contribution < 1.29 is 9.72 Å². The number of nitro groups is 1. The van der Waals surface area contributed by atoms with Gasteiger partial charge in [-0.25, -0.2) is 0 Å². The van der Waals surface area contributed by atoms with Crippen LogP contribution in [-0.4, -0.2) is 41.9 Å². The molecule has 1 aliphatic rings. The summed E-state index contributed by atoms with van der Waals surface area (Å²) in [7, 11) is 0. The first-order valence-electron chi connectivity index (χ1n) is 8.08. The maximum atomic E-state index is 11.7. The van der Waals surface area contributed by atoms with Crippen LogP contribution in [-0.2, 0) is 4.79 Å². The van der Waals surface area contributed by atoms with Gasteiger partial charge in [-0.3, -0.25) is 14.9 Å². The Kier molecular flexibility index (Phi) is 6.75. The molecule has 1 aromatic rings. The van der Waals surface area contributed by atoms with Gasteiger partial charge in [0.2, 0.25) is 5.91 Å². The van der Waals surface area contributed by atoms with Crippen LogP contribution in [0.3, 0.4) is 0 Å². The summed E-state index contributed by atoms with van der Waals surface area (Å²) >= 11 is 0. The van der Waals surface area contributed by atoms with E-state index in [1.165, 1.54) is 50.6 Å². The molecule has 0 aliphatic carbocycles. The van der Waals surface area contributed by atoms with E-state index in [2.05, 4.69) is 10.2 Å². The summed E-state index contributed by atoms with van der Waals surface area (Å²) in [6.45, 7) is 4.00. The van der Waals surface area contributed by atoms with Crippen molar-refractivity contribution in [2.24, 2.45) is 0 Å². The summed E-state index contributed by atoms with van der Waals surface area (Å²) in [5.41, 5.74) is 0.664. The number of piperidine rings is 1. The van der Waals surface area contributed by atoms with Crippen molar-refractivity contribution in [3.63, 3.8) is 0 Å². The van der Waals surface area contributed by atoms with Crippen molar-refractivity contribution >= 4 is 17.7 Å². The zero-order chi connectivity index (χ0) is 16.5. The van der Waals surface area contributed by atoms with Crippen LogP contribution in [0.5, 0.6) is 0 Å². The number of carbonyl (C=O) groups excluding carboxylic acids is 1. The molecule has 1 saturated heterocycles. The van der Waals surface area contributed by atoms with Crippen molar-refractivity contribution in [1.29, 1.82) is 0 Å². The maximum Gasteiger partial charge on any atom is 0.270 e. The number of nitro benzene ring substituents is 1. The Morgan fingerprint density at radius 3 is 2.83 bits per heavy atom. The molecule has 1 amide bonds. The molecule has 0 saturated carbocycles. The van der Waals surface area contributed by atoms with Crippen molar-refractivity contribution in [1.82, 2.24) is 10.2 Å². The molecule has 1 N–H and O–H groups in total. The summed E-state index contributed by atoms with van der Waals surface area (Å²) in [6, 6.07) is 6.21. The molecule has 6 nitrogen and oxygen atoms in total. The maximum absolute atomic E-state index is 11.7. The Morgan fingerprint density at radius 2 is 2.09 bits per heavy atom. The number of likely N-dealkylation sites (tertiary alicyclic amines) is 1. The number of nitrogens with one attached hydrogen (secondary N) is 1. The topological polar surface area (TPSA) is 75.5 Å². The van der Waals surface area contributed by atoms with Gasteiger partial charge in [0.1, 0.15) is 0 Å². The van der Waals surface area contributed by atoms with Crippen LogP contribution >= 0.6 is 0 Å². The van der Waals surface area contributed by atoms with E-state index in [4.69, 9.17) is 0 Å². The Bertz CT molecular complexity index is 566. The molecule has 0 radical (unpaired) electrons. The molecule has 1 aliphatic heterocycles. The average molecular weight is 317 g/mol. The third-order valence-electron chi connectivity index (χ3n) is 3.91. The molecule has 1 aromatic carbocycles. The molecule has 2 rings (SSSR count). The Hall–Kier alpha value is -2.21. The molecule has 6 heteroatoms. The molecule has 23 heavy (non-hydrogen) atoms. The van der Waals surface area contributed by atoms with Crippen LogP contribution in [0.1, 0.15) is 31.2 Å². The fraction of sp³-hybridized carbons (Fsp3) is 0.471. The normalized spacial score (nSPS) is 15.7. The number of hydrogen-bond acceptors (Lipinski definition) is 4. The van der Waals surface area contributed by atoms with Gasteiger partial charge in [0.05, 0.1) is 4.92 Å². The highest BCUT2D eigenvalue weighted by atomic mass is 16.6. The van der Waals surface area contributed by atoms with E-state index in [0.717, 1.165) is 13.0 Å². The third-order valence-corrected chi connectivity index (χ3v) is 3.91. The smallest absolute Gasteiger partial charge is 0.270 e. The lowest BCUT2D eigenvalue weighted by Crippen LogP contribution is -2.33. The van der Waals surface area contributed by atoms with E-state index in [9.17, 15) is 14.9 Å². The van der Waals surface area contributed by atoms with Gasteiger partial charge in [0, 0.05) is 24.8 Å². The van der Waals surface area contributed by atoms with Gasteiger partial charge in [-0.1, -0.05) is 18.6 Å². The molecule has 1 fully saturated rings. The molecule has 0 aromatic heterocycles. The molecule has 0 atom stereocenters. The zero-order valence-corrected chi connectivity index (χ0v) is 13.2. The van der Waals surface area contributed by atoms with E-state index in [1.54, 1.807) is 18.2 Å². The summed E-state index contributed by atoms with van der Waals surface area (Å²) in [4.78, 5) is 24.4. The molecular formula is C17H23N3O3. The first kappa shape index (κ1) is 17.1. The lowest BCUT2D eigenvalue weighted by Gasteiger charge is -2.26. The van der Waals surface area contributed by atoms with Gasteiger partial charge in [-0.2, -0.15) is 0 Å². The first-order chi connectivity index (χ1) is 11.1. The van der Waals surface area contributed by atoms with E-state index in [1.807, 2.05) is 0 Å². The van der Waals surface area contributed by atoms with Gasteiger partial charge in [-0.15, -0.1) is 0 Å². The lowest BCUT2D eigenvalue weighted by molar-refractivity contribution is -0.384. The number of amides is 1. The highest BCUT2D eigenvalue weighted by Crippen LogP contribution is 2.14. The third kappa shape index (κ3) is 6.20. The number of hydrogen-bond donors (Lipinski definition) is 1. The quantitative estimate of drug-likeness (QED) is 0.363. The van der Waals surface area contributed by atoms with Gasteiger partial charge in [0.15, 0.2) is 0 Å². The standard InChI is InChI=1S/C17H23N3O3/c21-17(18-10-5-13-19-11-2-1-3-12-19)9-8-15-6-4-7-16(14-15)20(22)23/h4,6-9,14H,1-3,5,10-13H2,(H,18,21)/b9-8+. The van der Waals surface area contributed by atoms with Crippen LogP contribution in [0.2, 0.25) is 0 Å². The Balaban J connectivity index is 1.69. The number of benzene rings is 1. The van der Waals surface area contributed by atoms with E-state index >= 15 is 0 Å². The summed E-state index contributed by atoms with van der Waals surface area (Å²) in [5.74, 6) is -0.171. The second-order valence-corrected chi connectivity index (χ2v) is 5.73. The molecule has 0 bridgehead atoms. The fourth-order valence-electron chi connectivity index (χ4n) is 2.67. The highest BCUT2D eigenvalue weighted by molar-refractivity contribution is 5.91. The number of nitrogens with zero attached hydrogens (tertiary/aromatic N) is 2. The molecule has 0 unspecified atom stereocenters. The van der Waals surface area contributed by atoms with E-state index < -0.39 is 4.92 Å². The SMILES string of the molecule is O=C(/C=C/c1cccc([N+](=O)[O-])c1)NCCCN1CCCCC1. The van der Waals surface area contributed by atoms with Gasteiger partial charge in [0.25, 0.3) is 5.69 Å². The van der Waals surface area contributed by atoms with Gasteiger partial charge < -0.3 is 10.2 Å². The summed E-state index contributed by atoms with van der Waals surface area (Å²) in [6.07, 6.45) is 7.83. The molecule has 0 spiro atoms. The predicted octanol–water partition coefficient (Wildman–Crippen LogP) is 2.60. The molecule has 1 heterocycles. The summed E-state index contributed by atoms with van der Waals surface area (Å²) < 4.78 is 0. The number of carbonyl (C=O) groups is 1. The van der Waals surface area contributed by atoms with Crippen LogP contribution in [0.25, 0.3) is 6.08 Å². The largest absolute Gasteiger partial charge is 0.353 e. The van der Waals surface area contributed by atoms with Crippen LogP contribution < -0.4 is 5.32 Å². The van der Waals surface area contributed by atoms with Crippen LogP contribution in [0.15, 0.2) is 30.3 Å². The summed E-state index contributed by atoms with van der Waals surface area (Å²) in [5, 5.41) is 13.5. The van der Waals surface area contributed by atoms with Gasteiger partial charge >= 0.3 is 0 Å². The van der Waals surface area contributed by atoms with Crippen molar-refractivity contribution in [2.75, 3.05) is 26.2 Å². The molecular weight excluding hydrogens is 294 g/mol. The Labute approximate surface area is 136 Å². The highest BCUT2D eigenvalue weighted by Gasteiger charge is 2.09. The minimum Gasteiger partial charge on any atom is -0.353 e.